The molecule has 5 heteroatoms. The van der Waals surface area contributed by atoms with Gasteiger partial charge in [-0.3, -0.25) is 0 Å². The Labute approximate surface area is 101 Å². The predicted octanol–water partition coefficient (Wildman–Crippen LogP) is 1.91. The highest BCUT2D eigenvalue weighted by Gasteiger charge is 2.42. The molecule has 2 heterocycles. The third kappa shape index (κ3) is 1.99. The number of ether oxygens (including phenoxy) is 1. The van der Waals surface area contributed by atoms with Crippen LogP contribution in [-0.2, 0) is 4.74 Å². The van der Waals surface area contributed by atoms with Crippen LogP contribution in [0.1, 0.15) is 17.4 Å². The van der Waals surface area contributed by atoms with Crippen LogP contribution in [0.2, 0.25) is 0 Å². The predicted molar refractivity (Wildman–Crippen MR) is 63.9 cm³/mol. The Morgan fingerprint density at radius 2 is 2.53 bits per heavy atom. The van der Waals surface area contributed by atoms with E-state index in [1.165, 1.54) is 0 Å². The zero-order chi connectivity index (χ0) is 10.9. The summed E-state index contributed by atoms with van der Waals surface area (Å²) in [6, 6.07) is 1.95. The van der Waals surface area contributed by atoms with E-state index in [4.69, 9.17) is 10.5 Å². The van der Waals surface area contributed by atoms with Gasteiger partial charge in [-0.05, 0) is 33.8 Å². The first-order valence-corrected chi connectivity index (χ1v) is 6.56. The highest BCUT2D eigenvalue weighted by Crippen LogP contribution is 2.44. The molecule has 0 bridgehead atoms. The quantitative estimate of drug-likeness (QED) is 0.894. The fourth-order valence-corrected chi connectivity index (χ4v) is 3.60. The summed E-state index contributed by atoms with van der Waals surface area (Å²) in [5, 5.41) is 12.3. The number of nitrogens with two attached hydrogens (primary N) is 1. The van der Waals surface area contributed by atoms with Crippen LogP contribution < -0.4 is 5.73 Å². The standard InChI is InChI=1S/C10H14BrNO2S/c11-7-1-4-15-8(7)9(13)10(5-12)2-3-14-6-10/h1,4,9,13H,2-3,5-6,12H2. The van der Waals surface area contributed by atoms with Gasteiger partial charge < -0.3 is 15.6 Å². The van der Waals surface area contributed by atoms with Crippen LogP contribution >= 0.6 is 27.3 Å². The minimum absolute atomic E-state index is 0.298. The van der Waals surface area contributed by atoms with Crippen molar-refractivity contribution in [1.82, 2.24) is 0 Å². The zero-order valence-electron chi connectivity index (χ0n) is 8.28. The summed E-state index contributed by atoms with van der Waals surface area (Å²) >= 11 is 4.99. The Morgan fingerprint density at radius 3 is 3.00 bits per heavy atom. The molecular weight excluding hydrogens is 278 g/mol. The van der Waals surface area contributed by atoms with Crippen molar-refractivity contribution in [2.24, 2.45) is 11.1 Å². The van der Waals surface area contributed by atoms with Gasteiger partial charge in [-0.15, -0.1) is 11.3 Å². The van der Waals surface area contributed by atoms with Gasteiger partial charge in [0.05, 0.1) is 12.7 Å². The van der Waals surface area contributed by atoms with Crippen molar-refractivity contribution in [3.8, 4) is 0 Å². The van der Waals surface area contributed by atoms with E-state index in [-0.39, 0.29) is 5.41 Å². The topological polar surface area (TPSA) is 55.5 Å². The second-order valence-corrected chi connectivity index (χ2v) is 5.71. The molecule has 1 fully saturated rings. The van der Waals surface area contributed by atoms with Crippen molar-refractivity contribution in [2.45, 2.75) is 12.5 Å². The lowest BCUT2D eigenvalue weighted by atomic mass is 9.81. The largest absolute Gasteiger partial charge is 0.387 e. The van der Waals surface area contributed by atoms with Gasteiger partial charge in [0.1, 0.15) is 0 Å². The SMILES string of the molecule is NCC1(C(O)c2sccc2Br)CCOC1. The summed E-state index contributed by atoms with van der Waals surface area (Å²) in [7, 11) is 0. The monoisotopic (exact) mass is 291 g/mol. The third-order valence-electron chi connectivity index (χ3n) is 3.01. The number of rotatable bonds is 3. The highest BCUT2D eigenvalue weighted by molar-refractivity contribution is 9.10. The maximum atomic E-state index is 10.4. The molecule has 3 nitrogen and oxygen atoms in total. The van der Waals surface area contributed by atoms with Crippen LogP contribution in [0.4, 0.5) is 0 Å². The molecule has 1 aliphatic rings. The molecule has 3 N–H and O–H groups in total. The lowest BCUT2D eigenvalue weighted by Crippen LogP contribution is -2.37. The van der Waals surface area contributed by atoms with E-state index in [1.807, 2.05) is 11.4 Å². The van der Waals surface area contributed by atoms with Crippen molar-refractivity contribution in [3.63, 3.8) is 0 Å². The number of halogens is 1. The fourth-order valence-electron chi connectivity index (χ4n) is 1.89. The fraction of sp³-hybridized carbons (Fsp3) is 0.600. The molecule has 1 aromatic heterocycles. The molecule has 0 spiro atoms. The normalized spacial score (nSPS) is 28.2. The summed E-state index contributed by atoms with van der Waals surface area (Å²) in [5.74, 6) is 0. The molecule has 84 valence electrons. The van der Waals surface area contributed by atoms with Gasteiger partial charge in [-0.1, -0.05) is 0 Å². The smallest absolute Gasteiger partial charge is 0.0984 e. The van der Waals surface area contributed by atoms with E-state index in [2.05, 4.69) is 15.9 Å². The Kier molecular flexibility index (Phi) is 3.47. The van der Waals surface area contributed by atoms with E-state index in [9.17, 15) is 5.11 Å². The molecule has 2 rings (SSSR count). The van der Waals surface area contributed by atoms with Crippen molar-refractivity contribution in [1.29, 1.82) is 0 Å². The molecule has 1 aliphatic heterocycles. The highest BCUT2D eigenvalue weighted by atomic mass is 79.9. The summed E-state index contributed by atoms with van der Waals surface area (Å²) in [6.45, 7) is 1.70. The molecule has 2 atom stereocenters. The minimum atomic E-state index is -0.528. The third-order valence-corrected chi connectivity index (χ3v) is 4.94. The van der Waals surface area contributed by atoms with Gasteiger partial charge in [0, 0.05) is 27.9 Å². The van der Waals surface area contributed by atoms with E-state index in [1.54, 1.807) is 11.3 Å². The average molecular weight is 292 g/mol. The first-order chi connectivity index (χ1) is 7.19. The minimum Gasteiger partial charge on any atom is -0.387 e. The van der Waals surface area contributed by atoms with Crippen molar-refractivity contribution in [2.75, 3.05) is 19.8 Å². The molecule has 0 aliphatic carbocycles. The van der Waals surface area contributed by atoms with Gasteiger partial charge in [0.15, 0.2) is 0 Å². The number of aliphatic hydroxyl groups excluding tert-OH is 1. The molecule has 0 aromatic carbocycles. The number of aliphatic hydroxyl groups is 1. The van der Waals surface area contributed by atoms with Gasteiger partial charge in [-0.25, -0.2) is 0 Å². The first kappa shape index (κ1) is 11.5. The van der Waals surface area contributed by atoms with Crippen molar-refractivity contribution < 1.29 is 9.84 Å². The molecule has 1 saturated heterocycles. The zero-order valence-corrected chi connectivity index (χ0v) is 10.7. The Hall–Kier alpha value is 0.0600. The van der Waals surface area contributed by atoms with Gasteiger partial charge >= 0.3 is 0 Å². The van der Waals surface area contributed by atoms with E-state index in [0.717, 1.165) is 15.8 Å². The van der Waals surface area contributed by atoms with E-state index < -0.39 is 6.10 Å². The van der Waals surface area contributed by atoms with E-state index in [0.29, 0.717) is 19.8 Å². The van der Waals surface area contributed by atoms with Crippen LogP contribution in [0, 0.1) is 5.41 Å². The molecule has 0 radical (unpaired) electrons. The van der Waals surface area contributed by atoms with E-state index >= 15 is 0 Å². The van der Waals surface area contributed by atoms with Crippen LogP contribution in [0.15, 0.2) is 15.9 Å². The number of hydrogen-bond donors (Lipinski definition) is 2. The van der Waals surface area contributed by atoms with Crippen LogP contribution in [0.3, 0.4) is 0 Å². The summed E-state index contributed by atoms with van der Waals surface area (Å²) in [6.07, 6.45) is 0.300. The molecule has 15 heavy (non-hydrogen) atoms. The molecule has 0 saturated carbocycles. The van der Waals surface area contributed by atoms with Crippen LogP contribution in [-0.4, -0.2) is 24.9 Å². The van der Waals surface area contributed by atoms with Gasteiger partial charge in [0.25, 0.3) is 0 Å². The second-order valence-electron chi connectivity index (χ2n) is 3.90. The Bertz CT molecular complexity index is 336. The van der Waals surface area contributed by atoms with Gasteiger partial charge in [-0.2, -0.15) is 0 Å². The van der Waals surface area contributed by atoms with Gasteiger partial charge in [0.2, 0.25) is 0 Å². The van der Waals surface area contributed by atoms with Crippen LogP contribution in [0.5, 0.6) is 0 Å². The second kappa shape index (κ2) is 4.51. The maximum Gasteiger partial charge on any atom is 0.0984 e. The first-order valence-electron chi connectivity index (χ1n) is 4.88. The molecule has 2 unspecified atom stereocenters. The number of thiophene rings is 1. The average Bonchev–Trinajstić information content (AvgIpc) is 2.86. The Morgan fingerprint density at radius 1 is 1.73 bits per heavy atom. The van der Waals surface area contributed by atoms with Crippen LogP contribution in [0.25, 0.3) is 0 Å². The van der Waals surface area contributed by atoms with Crippen molar-refractivity contribution >= 4 is 27.3 Å². The van der Waals surface area contributed by atoms with Crippen molar-refractivity contribution in [3.05, 3.63) is 20.8 Å². The summed E-state index contributed by atoms with van der Waals surface area (Å²) in [5.41, 5.74) is 5.48. The lowest BCUT2D eigenvalue weighted by molar-refractivity contribution is 0.0211. The summed E-state index contributed by atoms with van der Waals surface area (Å²) in [4.78, 5) is 0.950. The summed E-state index contributed by atoms with van der Waals surface area (Å²) < 4.78 is 6.32. The molecule has 0 amide bonds. The maximum absolute atomic E-state index is 10.4. The Balaban J connectivity index is 2.26. The molecular formula is C10H14BrNO2S. The lowest BCUT2D eigenvalue weighted by Gasteiger charge is -2.30. The molecule has 1 aromatic rings. The number of hydrogen-bond acceptors (Lipinski definition) is 4.